The van der Waals surface area contributed by atoms with E-state index in [-0.39, 0.29) is 0 Å². The van der Waals surface area contributed by atoms with Crippen molar-refractivity contribution in [3.05, 3.63) is 47.6 Å². The molecule has 0 atom stereocenters. The molecular weight excluding hydrogens is 320 g/mol. The van der Waals surface area contributed by atoms with Crippen molar-refractivity contribution in [3.63, 3.8) is 0 Å². The first-order chi connectivity index (χ1) is 10.3. The van der Waals surface area contributed by atoms with E-state index in [0.29, 0.717) is 0 Å². The van der Waals surface area contributed by atoms with Gasteiger partial charge in [-0.05, 0) is 54.6 Å². The maximum absolute atomic E-state index is 6.45. The van der Waals surface area contributed by atoms with Crippen molar-refractivity contribution in [2.24, 2.45) is 0 Å². The molecule has 0 radical (unpaired) electrons. The molecule has 0 aliphatic carbocycles. The zero-order chi connectivity index (χ0) is 14.4. The standard InChI is InChI=1S/C16H11ClN2S2/c1-20-9-4-5-14-11(7-9)12-8-13(17)10-3-2-6-18-15(10)16(12)19-21-14/h2-8,19H,1H3. The molecule has 21 heavy (non-hydrogen) atoms. The molecule has 0 amide bonds. The zero-order valence-corrected chi connectivity index (χ0v) is 13.6. The number of anilines is 1. The first-order valence-electron chi connectivity index (χ1n) is 6.46. The third kappa shape index (κ3) is 2.09. The number of nitrogens with zero attached hydrogens (tertiary/aromatic N) is 1. The highest BCUT2D eigenvalue weighted by Gasteiger charge is 2.21. The van der Waals surface area contributed by atoms with Gasteiger partial charge in [-0.15, -0.1) is 11.8 Å². The normalized spacial score (nSPS) is 12.7. The van der Waals surface area contributed by atoms with Gasteiger partial charge in [-0.25, -0.2) is 0 Å². The predicted molar refractivity (Wildman–Crippen MR) is 93.4 cm³/mol. The Morgan fingerprint density at radius 1 is 1.19 bits per heavy atom. The monoisotopic (exact) mass is 330 g/mol. The number of rotatable bonds is 1. The SMILES string of the molecule is CSc1ccc2c(c1)-c1cc(Cl)c3cccnc3c1NS2. The van der Waals surface area contributed by atoms with Crippen LogP contribution in [0.4, 0.5) is 5.69 Å². The highest BCUT2D eigenvalue weighted by atomic mass is 35.5. The smallest absolute Gasteiger partial charge is 0.0963 e. The van der Waals surface area contributed by atoms with Crippen LogP contribution in [-0.4, -0.2) is 11.2 Å². The largest absolute Gasteiger partial charge is 0.323 e. The fourth-order valence-corrected chi connectivity index (χ4v) is 4.09. The highest BCUT2D eigenvalue weighted by molar-refractivity contribution is 8.01. The summed E-state index contributed by atoms with van der Waals surface area (Å²) in [5.41, 5.74) is 4.31. The van der Waals surface area contributed by atoms with Gasteiger partial charge in [0.15, 0.2) is 0 Å². The fourth-order valence-electron chi connectivity index (χ4n) is 2.56. The molecular formula is C16H11ClN2S2. The third-order valence-corrected chi connectivity index (χ3v) is 5.50. The molecule has 0 saturated carbocycles. The van der Waals surface area contributed by atoms with Gasteiger partial charge in [0, 0.05) is 32.5 Å². The van der Waals surface area contributed by atoms with Crippen LogP contribution >= 0.6 is 35.3 Å². The quantitative estimate of drug-likeness (QED) is 0.456. The van der Waals surface area contributed by atoms with Crippen LogP contribution in [0.25, 0.3) is 22.0 Å². The van der Waals surface area contributed by atoms with E-state index in [0.717, 1.165) is 27.2 Å². The molecule has 0 bridgehead atoms. The van der Waals surface area contributed by atoms with Crippen LogP contribution in [0.2, 0.25) is 5.02 Å². The Balaban J connectivity index is 2.06. The lowest BCUT2D eigenvalue weighted by molar-refractivity contribution is 1.34. The molecule has 0 fully saturated rings. The Bertz CT molecular complexity index is 864. The number of fused-ring (bicyclic) bond motifs is 5. The van der Waals surface area contributed by atoms with E-state index in [1.165, 1.54) is 15.4 Å². The van der Waals surface area contributed by atoms with Crippen molar-refractivity contribution in [2.45, 2.75) is 9.79 Å². The van der Waals surface area contributed by atoms with E-state index in [1.54, 1.807) is 29.9 Å². The van der Waals surface area contributed by atoms with Crippen LogP contribution < -0.4 is 4.72 Å². The number of nitrogens with one attached hydrogen (secondary N) is 1. The van der Waals surface area contributed by atoms with Crippen molar-refractivity contribution >= 4 is 51.9 Å². The molecule has 2 aromatic carbocycles. The first-order valence-corrected chi connectivity index (χ1v) is 8.88. The molecule has 0 spiro atoms. The van der Waals surface area contributed by atoms with Gasteiger partial charge >= 0.3 is 0 Å². The topological polar surface area (TPSA) is 24.9 Å². The van der Waals surface area contributed by atoms with Gasteiger partial charge in [0.1, 0.15) is 0 Å². The number of aromatic nitrogens is 1. The van der Waals surface area contributed by atoms with Gasteiger partial charge in [-0.2, -0.15) is 0 Å². The Labute approximate surface area is 136 Å². The lowest BCUT2D eigenvalue weighted by Gasteiger charge is -2.22. The van der Waals surface area contributed by atoms with Crippen molar-refractivity contribution in [3.8, 4) is 11.1 Å². The number of benzene rings is 2. The van der Waals surface area contributed by atoms with Crippen LogP contribution in [-0.2, 0) is 0 Å². The first kappa shape index (κ1) is 13.3. The average Bonchev–Trinajstić information content (AvgIpc) is 2.54. The maximum atomic E-state index is 6.45. The molecule has 1 aliphatic heterocycles. The molecule has 5 heteroatoms. The van der Waals surface area contributed by atoms with E-state index in [4.69, 9.17) is 11.6 Å². The summed E-state index contributed by atoms with van der Waals surface area (Å²) >= 11 is 9.83. The Morgan fingerprint density at radius 3 is 2.95 bits per heavy atom. The Hall–Kier alpha value is -1.36. The van der Waals surface area contributed by atoms with Crippen LogP contribution in [0.3, 0.4) is 0 Å². The van der Waals surface area contributed by atoms with Crippen LogP contribution in [0.1, 0.15) is 0 Å². The van der Waals surface area contributed by atoms with Gasteiger partial charge in [-0.3, -0.25) is 4.98 Å². The number of halogens is 1. The molecule has 1 N–H and O–H groups in total. The molecule has 4 rings (SSSR count). The number of thioether (sulfide) groups is 1. The van der Waals surface area contributed by atoms with Gasteiger partial charge in [-0.1, -0.05) is 11.6 Å². The van der Waals surface area contributed by atoms with Crippen molar-refractivity contribution in [2.75, 3.05) is 11.0 Å². The van der Waals surface area contributed by atoms with Gasteiger partial charge in [0.05, 0.1) is 16.2 Å². The summed E-state index contributed by atoms with van der Waals surface area (Å²) in [5, 5.41) is 1.72. The molecule has 0 unspecified atom stereocenters. The van der Waals surface area contributed by atoms with Crippen LogP contribution in [0.15, 0.2) is 52.4 Å². The summed E-state index contributed by atoms with van der Waals surface area (Å²) < 4.78 is 3.42. The summed E-state index contributed by atoms with van der Waals surface area (Å²) in [7, 11) is 0. The summed E-state index contributed by atoms with van der Waals surface area (Å²) in [6, 6.07) is 12.5. The molecule has 1 aromatic heterocycles. The van der Waals surface area contributed by atoms with Crippen molar-refractivity contribution in [1.29, 1.82) is 0 Å². The summed E-state index contributed by atoms with van der Waals surface area (Å²) in [5.74, 6) is 0. The predicted octanol–water partition coefficient (Wildman–Crippen LogP) is 5.71. The highest BCUT2D eigenvalue weighted by Crippen LogP contribution is 2.47. The summed E-state index contributed by atoms with van der Waals surface area (Å²) in [6.07, 6.45) is 3.89. The van der Waals surface area contributed by atoms with E-state index in [1.807, 2.05) is 18.2 Å². The number of hydrogen-bond donors (Lipinski definition) is 1. The maximum Gasteiger partial charge on any atom is 0.0963 e. The summed E-state index contributed by atoms with van der Waals surface area (Å²) in [4.78, 5) is 6.97. The molecule has 3 aromatic rings. The summed E-state index contributed by atoms with van der Waals surface area (Å²) in [6.45, 7) is 0. The molecule has 1 aliphatic rings. The second-order valence-electron chi connectivity index (χ2n) is 4.75. The van der Waals surface area contributed by atoms with Crippen LogP contribution in [0, 0.1) is 0 Å². The molecule has 104 valence electrons. The van der Waals surface area contributed by atoms with E-state index < -0.39 is 0 Å². The fraction of sp³-hybridized carbons (Fsp3) is 0.0625. The molecule has 0 saturated heterocycles. The van der Waals surface area contributed by atoms with E-state index >= 15 is 0 Å². The minimum atomic E-state index is 0.742. The van der Waals surface area contributed by atoms with Crippen molar-refractivity contribution < 1.29 is 0 Å². The lowest BCUT2D eigenvalue weighted by Crippen LogP contribution is -2.01. The number of pyridine rings is 1. The second kappa shape index (κ2) is 5.13. The van der Waals surface area contributed by atoms with Gasteiger partial charge in [0.2, 0.25) is 0 Å². The van der Waals surface area contributed by atoms with Crippen LogP contribution in [0.5, 0.6) is 0 Å². The Morgan fingerprint density at radius 2 is 2.10 bits per heavy atom. The third-order valence-electron chi connectivity index (χ3n) is 3.58. The minimum Gasteiger partial charge on any atom is -0.323 e. The Kier molecular flexibility index (Phi) is 3.25. The number of hydrogen-bond acceptors (Lipinski definition) is 4. The van der Waals surface area contributed by atoms with Gasteiger partial charge < -0.3 is 4.72 Å². The minimum absolute atomic E-state index is 0.742. The van der Waals surface area contributed by atoms with Crippen molar-refractivity contribution in [1.82, 2.24) is 4.98 Å². The molecule has 2 nitrogen and oxygen atoms in total. The average molecular weight is 331 g/mol. The zero-order valence-electron chi connectivity index (χ0n) is 11.2. The lowest BCUT2D eigenvalue weighted by atomic mass is 10.0. The van der Waals surface area contributed by atoms with E-state index in [2.05, 4.69) is 34.2 Å². The van der Waals surface area contributed by atoms with E-state index in [9.17, 15) is 0 Å². The molecule has 2 heterocycles. The van der Waals surface area contributed by atoms with Gasteiger partial charge in [0.25, 0.3) is 0 Å². The second-order valence-corrected chi connectivity index (χ2v) is 6.88.